The predicted molar refractivity (Wildman–Crippen MR) is 96.7 cm³/mol. The van der Waals surface area contributed by atoms with Gasteiger partial charge in [0.25, 0.3) is 0 Å². The van der Waals surface area contributed by atoms with Gasteiger partial charge in [0.15, 0.2) is 0 Å². The lowest BCUT2D eigenvalue weighted by Gasteiger charge is -2.09. The Morgan fingerprint density at radius 3 is 2.21 bits per heavy atom. The molecule has 0 bridgehead atoms. The van der Waals surface area contributed by atoms with Crippen LogP contribution >= 0.6 is 0 Å². The molecule has 0 aliphatic heterocycles. The molecule has 2 rings (SSSR count). The summed E-state index contributed by atoms with van der Waals surface area (Å²) >= 11 is 0. The maximum atomic E-state index is 11.8. The Hall–Kier alpha value is -2.54. The molecular weight excluding hydrogens is 326 g/mol. The number of carbonyl (C=O) groups excluding carboxylic acids is 1. The van der Waals surface area contributed by atoms with Gasteiger partial charge in [-0.3, -0.25) is 4.72 Å². The first-order chi connectivity index (χ1) is 11.4. The van der Waals surface area contributed by atoms with Gasteiger partial charge < -0.3 is 10.6 Å². The second-order valence-corrected chi connectivity index (χ2v) is 7.17. The molecule has 0 heterocycles. The average Bonchev–Trinajstić information content (AvgIpc) is 2.53. The highest BCUT2D eigenvalue weighted by atomic mass is 32.2. The molecule has 0 radical (unpaired) electrons. The van der Waals surface area contributed by atoms with Gasteiger partial charge in [-0.15, -0.1) is 0 Å². The molecule has 0 atom stereocenters. The molecule has 2 amide bonds. The zero-order valence-electron chi connectivity index (χ0n) is 13.5. The largest absolute Gasteiger partial charge is 0.338 e. The summed E-state index contributed by atoms with van der Waals surface area (Å²) in [6.45, 7) is 0.578. The van der Waals surface area contributed by atoms with Crippen molar-refractivity contribution in [1.82, 2.24) is 5.32 Å². The van der Waals surface area contributed by atoms with Crippen LogP contribution in [0.4, 0.5) is 16.2 Å². The Bertz CT molecular complexity index is 759. The van der Waals surface area contributed by atoms with Gasteiger partial charge in [0.2, 0.25) is 10.0 Å². The van der Waals surface area contributed by atoms with Gasteiger partial charge in [0, 0.05) is 17.9 Å². The molecule has 0 unspecified atom stereocenters. The second kappa shape index (κ2) is 8.35. The van der Waals surface area contributed by atoms with Crippen molar-refractivity contribution in [3.05, 3.63) is 60.2 Å². The van der Waals surface area contributed by atoms with E-state index in [1.54, 1.807) is 24.3 Å². The van der Waals surface area contributed by atoms with Crippen LogP contribution in [0, 0.1) is 0 Å². The smallest absolute Gasteiger partial charge is 0.319 e. The summed E-state index contributed by atoms with van der Waals surface area (Å²) in [6, 6.07) is 16.3. The lowest BCUT2D eigenvalue weighted by Crippen LogP contribution is -2.29. The van der Waals surface area contributed by atoms with Gasteiger partial charge >= 0.3 is 6.03 Å². The van der Waals surface area contributed by atoms with Crippen molar-refractivity contribution in [3.63, 3.8) is 0 Å². The van der Waals surface area contributed by atoms with Crippen LogP contribution in [-0.2, 0) is 16.4 Å². The molecule has 2 aromatic rings. The third-order valence-corrected chi connectivity index (χ3v) is 3.82. The summed E-state index contributed by atoms with van der Waals surface area (Å²) in [6.07, 6.45) is 2.85. The van der Waals surface area contributed by atoms with Crippen LogP contribution in [0.2, 0.25) is 0 Å². The van der Waals surface area contributed by atoms with E-state index in [0.29, 0.717) is 17.9 Å². The molecule has 0 aliphatic carbocycles. The Morgan fingerprint density at radius 1 is 0.958 bits per heavy atom. The number of hydrogen-bond donors (Lipinski definition) is 3. The van der Waals surface area contributed by atoms with E-state index in [1.807, 2.05) is 18.2 Å². The van der Waals surface area contributed by atoms with Gasteiger partial charge in [-0.25, -0.2) is 13.2 Å². The number of carbonyl (C=O) groups is 1. The first kappa shape index (κ1) is 17.8. The van der Waals surface area contributed by atoms with Gasteiger partial charge in [-0.1, -0.05) is 30.3 Å². The minimum atomic E-state index is -3.30. The summed E-state index contributed by atoms with van der Waals surface area (Å²) in [5, 5.41) is 5.50. The Labute approximate surface area is 142 Å². The number of hydrogen-bond acceptors (Lipinski definition) is 3. The number of benzene rings is 2. The number of aryl methyl sites for hydroxylation is 1. The van der Waals surface area contributed by atoms with E-state index in [9.17, 15) is 13.2 Å². The van der Waals surface area contributed by atoms with E-state index in [4.69, 9.17) is 0 Å². The summed E-state index contributed by atoms with van der Waals surface area (Å²) in [5.41, 5.74) is 2.29. The van der Waals surface area contributed by atoms with Crippen LogP contribution in [0.25, 0.3) is 0 Å². The van der Waals surface area contributed by atoms with Crippen LogP contribution < -0.4 is 15.4 Å². The molecule has 7 heteroatoms. The van der Waals surface area contributed by atoms with E-state index in [2.05, 4.69) is 27.5 Å². The van der Waals surface area contributed by atoms with Crippen molar-refractivity contribution in [2.45, 2.75) is 12.8 Å². The molecule has 0 spiro atoms. The fraction of sp³-hybridized carbons (Fsp3) is 0.235. The molecule has 24 heavy (non-hydrogen) atoms. The first-order valence-electron chi connectivity index (χ1n) is 7.59. The maximum absolute atomic E-state index is 11.8. The van der Waals surface area contributed by atoms with Crippen LogP contribution in [0.1, 0.15) is 12.0 Å². The summed E-state index contributed by atoms with van der Waals surface area (Å²) < 4.78 is 24.6. The highest BCUT2D eigenvalue weighted by Crippen LogP contribution is 2.14. The predicted octanol–water partition coefficient (Wildman–Crippen LogP) is 2.81. The number of amides is 2. The fourth-order valence-electron chi connectivity index (χ4n) is 2.15. The van der Waals surface area contributed by atoms with E-state index < -0.39 is 10.0 Å². The SMILES string of the molecule is CS(=O)(=O)Nc1ccc(NC(=O)NCCCc2ccccc2)cc1. The van der Waals surface area contributed by atoms with Gasteiger partial charge in [-0.05, 0) is 42.7 Å². The number of rotatable bonds is 7. The number of nitrogens with one attached hydrogen (secondary N) is 3. The van der Waals surface area contributed by atoms with Gasteiger partial charge in [0.05, 0.1) is 6.26 Å². The van der Waals surface area contributed by atoms with Crippen molar-refractivity contribution in [3.8, 4) is 0 Å². The van der Waals surface area contributed by atoms with Crippen molar-refractivity contribution in [2.24, 2.45) is 0 Å². The molecule has 0 aliphatic rings. The fourth-order valence-corrected chi connectivity index (χ4v) is 2.71. The highest BCUT2D eigenvalue weighted by molar-refractivity contribution is 7.92. The van der Waals surface area contributed by atoms with Crippen molar-refractivity contribution < 1.29 is 13.2 Å². The zero-order valence-corrected chi connectivity index (χ0v) is 14.3. The Balaban J connectivity index is 1.72. The van der Waals surface area contributed by atoms with Crippen LogP contribution in [0.3, 0.4) is 0 Å². The third-order valence-electron chi connectivity index (χ3n) is 3.22. The molecule has 0 fully saturated rings. The van der Waals surface area contributed by atoms with Gasteiger partial charge in [-0.2, -0.15) is 0 Å². The summed E-state index contributed by atoms with van der Waals surface area (Å²) in [4.78, 5) is 11.8. The number of anilines is 2. The average molecular weight is 347 g/mol. The van der Waals surface area contributed by atoms with E-state index in [0.717, 1.165) is 19.1 Å². The van der Waals surface area contributed by atoms with E-state index >= 15 is 0 Å². The minimum absolute atomic E-state index is 0.285. The molecule has 0 aromatic heterocycles. The summed E-state index contributed by atoms with van der Waals surface area (Å²) in [7, 11) is -3.30. The summed E-state index contributed by atoms with van der Waals surface area (Å²) in [5.74, 6) is 0. The molecule has 128 valence electrons. The molecule has 3 N–H and O–H groups in total. The maximum Gasteiger partial charge on any atom is 0.319 e. The van der Waals surface area contributed by atoms with Crippen molar-refractivity contribution >= 4 is 27.4 Å². The zero-order chi connectivity index (χ0) is 17.4. The number of urea groups is 1. The number of sulfonamides is 1. The topological polar surface area (TPSA) is 87.3 Å². The molecule has 2 aromatic carbocycles. The second-order valence-electron chi connectivity index (χ2n) is 5.42. The Morgan fingerprint density at radius 2 is 1.58 bits per heavy atom. The molecule has 0 saturated carbocycles. The van der Waals surface area contributed by atoms with Crippen molar-refractivity contribution in [1.29, 1.82) is 0 Å². The van der Waals surface area contributed by atoms with Gasteiger partial charge in [0.1, 0.15) is 0 Å². The lowest BCUT2D eigenvalue weighted by molar-refractivity contribution is 0.252. The van der Waals surface area contributed by atoms with E-state index in [1.165, 1.54) is 5.56 Å². The first-order valence-corrected chi connectivity index (χ1v) is 9.48. The minimum Gasteiger partial charge on any atom is -0.338 e. The standard InChI is InChI=1S/C17H21N3O3S/c1-24(22,23)20-16-11-9-15(10-12-16)19-17(21)18-13-5-8-14-6-3-2-4-7-14/h2-4,6-7,9-12,20H,5,8,13H2,1H3,(H2,18,19,21). The van der Waals surface area contributed by atoms with E-state index in [-0.39, 0.29) is 6.03 Å². The molecule has 6 nitrogen and oxygen atoms in total. The lowest BCUT2D eigenvalue weighted by atomic mass is 10.1. The van der Waals surface area contributed by atoms with Crippen LogP contribution in [-0.4, -0.2) is 27.2 Å². The van der Waals surface area contributed by atoms with Crippen LogP contribution in [0.5, 0.6) is 0 Å². The molecular formula is C17H21N3O3S. The van der Waals surface area contributed by atoms with Crippen LogP contribution in [0.15, 0.2) is 54.6 Å². The normalized spacial score (nSPS) is 10.9. The third kappa shape index (κ3) is 6.70. The monoisotopic (exact) mass is 347 g/mol. The highest BCUT2D eigenvalue weighted by Gasteiger charge is 2.04. The Kier molecular flexibility index (Phi) is 6.20. The van der Waals surface area contributed by atoms with Crippen molar-refractivity contribution in [2.75, 3.05) is 22.8 Å². The quantitative estimate of drug-likeness (QED) is 0.673. The molecule has 0 saturated heterocycles.